The Hall–Kier alpha value is -2.13. The van der Waals surface area contributed by atoms with E-state index in [-0.39, 0.29) is 11.6 Å². The molecule has 1 heterocycles. The average molecular weight is 334 g/mol. The summed E-state index contributed by atoms with van der Waals surface area (Å²) in [6, 6.07) is 1.53. The van der Waals surface area contributed by atoms with Crippen molar-refractivity contribution in [3.05, 3.63) is 35.2 Å². The molecule has 0 aliphatic rings. The predicted molar refractivity (Wildman–Crippen MR) is 75.4 cm³/mol. The zero-order valence-electron chi connectivity index (χ0n) is 13.0. The number of pyridine rings is 1. The minimum absolute atomic E-state index is 0.141. The van der Waals surface area contributed by atoms with Gasteiger partial charge >= 0.3 is 6.18 Å². The fraction of sp³-hybridized carbons (Fsp3) is 0.429. The molecule has 1 aromatic heterocycles. The van der Waals surface area contributed by atoms with Crippen molar-refractivity contribution in [1.82, 2.24) is 4.98 Å². The lowest BCUT2D eigenvalue weighted by molar-refractivity contribution is -0.137. The molecule has 0 saturated carbocycles. The molecular formula is C14H17F3N2O4. The number of halogens is 3. The molecule has 23 heavy (non-hydrogen) atoms. The molecule has 1 rings (SSSR count). The fourth-order valence-corrected chi connectivity index (χ4v) is 1.84. The van der Waals surface area contributed by atoms with E-state index in [0.717, 1.165) is 18.3 Å². The van der Waals surface area contributed by atoms with Crippen LogP contribution in [0.5, 0.6) is 0 Å². The third-order valence-electron chi connectivity index (χ3n) is 2.88. The number of carbonyl (C=O) groups is 1. The number of amides is 1. The predicted octanol–water partition coefficient (Wildman–Crippen LogP) is 2.58. The molecule has 0 bridgehead atoms. The van der Waals surface area contributed by atoms with Crippen LogP contribution in [-0.2, 0) is 25.2 Å². The summed E-state index contributed by atoms with van der Waals surface area (Å²) < 4.78 is 52.9. The van der Waals surface area contributed by atoms with Gasteiger partial charge in [0, 0.05) is 26.0 Å². The number of hydrogen-bond acceptors (Lipinski definition) is 5. The highest BCUT2D eigenvalue weighted by atomic mass is 19.4. The Morgan fingerprint density at radius 1 is 1.26 bits per heavy atom. The van der Waals surface area contributed by atoms with Crippen molar-refractivity contribution in [1.29, 1.82) is 0 Å². The molecule has 0 saturated heterocycles. The van der Waals surface area contributed by atoms with Gasteiger partial charge in [-0.05, 0) is 19.1 Å². The Morgan fingerprint density at radius 3 is 2.35 bits per heavy atom. The number of alkyl halides is 3. The van der Waals surface area contributed by atoms with Crippen LogP contribution in [0.25, 0.3) is 0 Å². The second kappa shape index (κ2) is 7.93. The van der Waals surface area contributed by atoms with Gasteiger partial charge in [-0.25, -0.2) is 4.98 Å². The monoisotopic (exact) mass is 334 g/mol. The summed E-state index contributed by atoms with van der Waals surface area (Å²) in [4.78, 5) is 15.8. The number of carbonyl (C=O) groups excluding carboxylic acids is 1. The number of methoxy groups -OCH3 is 3. The molecule has 0 spiro atoms. The van der Waals surface area contributed by atoms with Gasteiger partial charge in [-0.15, -0.1) is 0 Å². The van der Waals surface area contributed by atoms with Gasteiger partial charge in [-0.3, -0.25) is 4.79 Å². The van der Waals surface area contributed by atoms with Crippen molar-refractivity contribution in [3.63, 3.8) is 0 Å². The fourth-order valence-electron chi connectivity index (χ4n) is 1.84. The van der Waals surface area contributed by atoms with Gasteiger partial charge in [0.2, 0.25) is 0 Å². The largest absolute Gasteiger partial charge is 0.491 e. The number of ether oxygens (including phenoxy) is 3. The zero-order valence-corrected chi connectivity index (χ0v) is 13.0. The number of anilines is 1. The SMILES string of the molecule is CO/C(C(=O)Nc1cc(C(F)(F)F)ccn1)=C(/C)C(OC)OC. The van der Waals surface area contributed by atoms with E-state index >= 15 is 0 Å². The van der Waals surface area contributed by atoms with E-state index in [9.17, 15) is 18.0 Å². The van der Waals surface area contributed by atoms with E-state index in [1.54, 1.807) is 0 Å². The van der Waals surface area contributed by atoms with Crippen LogP contribution >= 0.6 is 0 Å². The summed E-state index contributed by atoms with van der Waals surface area (Å²) in [5.74, 6) is -1.16. The van der Waals surface area contributed by atoms with Crippen LogP contribution in [0.1, 0.15) is 12.5 Å². The summed E-state index contributed by atoms with van der Waals surface area (Å²) in [5, 5.41) is 2.25. The zero-order chi connectivity index (χ0) is 17.6. The molecule has 6 nitrogen and oxygen atoms in total. The third kappa shape index (κ3) is 4.93. The summed E-state index contributed by atoms with van der Waals surface area (Å²) >= 11 is 0. The summed E-state index contributed by atoms with van der Waals surface area (Å²) in [6.45, 7) is 1.54. The Balaban J connectivity index is 3.04. The van der Waals surface area contributed by atoms with E-state index in [2.05, 4.69) is 10.3 Å². The highest BCUT2D eigenvalue weighted by Crippen LogP contribution is 2.30. The first kappa shape index (κ1) is 18.9. The van der Waals surface area contributed by atoms with Crippen LogP contribution in [0.3, 0.4) is 0 Å². The molecule has 1 amide bonds. The quantitative estimate of drug-likeness (QED) is 0.492. The van der Waals surface area contributed by atoms with Gasteiger partial charge in [0.05, 0.1) is 12.7 Å². The molecule has 0 unspecified atom stereocenters. The normalized spacial score (nSPS) is 12.9. The Morgan fingerprint density at radius 2 is 1.87 bits per heavy atom. The number of hydrogen-bond donors (Lipinski definition) is 1. The second-order valence-corrected chi connectivity index (χ2v) is 4.40. The third-order valence-corrected chi connectivity index (χ3v) is 2.88. The van der Waals surface area contributed by atoms with Gasteiger partial charge in [-0.1, -0.05) is 0 Å². The van der Waals surface area contributed by atoms with Crippen molar-refractivity contribution in [2.45, 2.75) is 19.4 Å². The van der Waals surface area contributed by atoms with Gasteiger partial charge in [0.15, 0.2) is 12.0 Å². The molecular weight excluding hydrogens is 317 g/mol. The summed E-state index contributed by atoms with van der Waals surface area (Å²) in [7, 11) is 3.99. The van der Waals surface area contributed by atoms with Gasteiger partial charge < -0.3 is 19.5 Å². The molecule has 0 atom stereocenters. The maximum atomic E-state index is 12.6. The highest BCUT2D eigenvalue weighted by Gasteiger charge is 2.31. The van der Waals surface area contributed by atoms with Gasteiger partial charge in [0.25, 0.3) is 5.91 Å². The number of nitrogens with one attached hydrogen (secondary N) is 1. The Labute approximate surface area is 131 Å². The lowest BCUT2D eigenvalue weighted by Crippen LogP contribution is -2.23. The molecule has 128 valence electrons. The minimum Gasteiger partial charge on any atom is -0.491 e. The smallest absolute Gasteiger partial charge is 0.416 e. The number of nitrogens with zero attached hydrogens (tertiary/aromatic N) is 1. The van der Waals surface area contributed by atoms with Crippen LogP contribution in [-0.4, -0.2) is 38.5 Å². The van der Waals surface area contributed by atoms with E-state index in [1.807, 2.05) is 0 Å². The van der Waals surface area contributed by atoms with Gasteiger partial charge in [0.1, 0.15) is 5.82 Å². The van der Waals surface area contributed by atoms with Crippen molar-refractivity contribution < 1.29 is 32.2 Å². The lowest BCUT2D eigenvalue weighted by atomic mass is 10.2. The van der Waals surface area contributed by atoms with Crippen LogP contribution in [0, 0.1) is 0 Å². The first-order valence-corrected chi connectivity index (χ1v) is 6.39. The molecule has 0 aliphatic carbocycles. The molecule has 0 fully saturated rings. The Bertz CT molecular complexity index is 584. The summed E-state index contributed by atoms with van der Waals surface area (Å²) in [5.41, 5.74) is -0.601. The van der Waals surface area contributed by atoms with Gasteiger partial charge in [-0.2, -0.15) is 13.2 Å². The molecule has 0 radical (unpaired) electrons. The van der Waals surface area contributed by atoms with Crippen molar-refractivity contribution >= 4 is 11.7 Å². The second-order valence-electron chi connectivity index (χ2n) is 4.40. The molecule has 9 heteroatoms. The molecule has 1 N–H and O–H groups in total. The van der Waals surface area contributed by atoms with Crippen LogP contribution in [0.4, 0.5) is 19.0 Å². The van der Waals surface area contributed by atoms with E-state index in [4.69, 9.17) is 14.2 Å². The standard InChI is InChI=1S/C14H17F3N2O4/c1-8(13(22-3)23-4)11(21-2)12(20)19-10-7-9(5-6-18-10)14(15,16)17/h5-7,13H,1-4H3,(H,18,19,20)/b11-8-. The first-order chi connectivity index (χ1) is 10.7. The summed E-state index contributed by atoms with van der Waals surface area (Å²) in [6.07, 6.45) is -4.41. The first-order valence-electron chi connectivity index (χ1n) is 6.39. The molecule has 0 aliphatic heterocycles. The van der Waals surface area contributed by atoms with Crippen molar-refractivity contribution in [3.8, 4) is 0 Å². The molecule has 1 aromatic rings. The van der Waals surface area contributed by atoms with E-state index in [1.165, 1.54) is 28.3 Å². The molecule has 0 aromatic carbocycles. The Kier molecular flexibility index (Phi) is 6.52. The average Bonchev–Trinajstić information content (AvgIpc) is 2.48. The van der Waals surface area contributed by atoms with Crippen molar-refractivity contribution in [2.24, 2.45) is 0 Å². The maximum Gasteiger partial charge on any atom is 0.416 e. The minimum atomic E-state index is -4.53. The number of aromatic nitrogens is 1. The maximum absolute atomic E-state index is 12.6. The topological polar surface area (TPSA) is 69.7 Å². The lowest BCUT2D eigenvalue weighted by Gasteiger charge is -2.17. The number of rotatable bonds is 6. The highest BCUT2D eigenvalue weighted by molar-refractivity contribution is 6.02. The van der Waals surface area contributed by atoms with Crippen LogP contribution < -0.4 is 5.32 Å². The van der Waals surface area contributed by atoms with E-state index in [0.29, 0.717) is 5.57 Å². The van der Waals surface area contributed by atoms with Crippen LogP contribution in [0.15, 0.2) is 29.7 Å². The van der Waals surface area contributed by atoms with Crippen LogP contribution in [0.2, 0.25) is 0 Å². The van der Waals surface area contributed by atoms with Crippen molar-refractivity contribution in [2.75, 3.05) is 26.6 Å². The van der Waals surface area contributed by atoms with E-state index < -0.39 is 23.9 Å².